The smallest absolute Gasteiger partial charge is 0.264 e. The molecular formula is C23H27NO6S. The quantitative estimate of drug-likeness (QED) is 0.325. The van der Waals surface area contributed by atoms with E-state index in [-0.39, 0.29) is 13.0 Å². The Morgan fingerprint density at radius 1 is 1.13 bits per heavy atom. The van der Waals surface area contributed by atoms with Gasteiger partial charge in [0.15, 0.2) is 9.84 Å². The van der Waals surface area contributed by atoms with Crippen molar-refractivity contribution in [2.75, 3.05) is 20.0 Å². The lowest BCUT2D eigenvalue weighted by Gasteiger charge is -2.25. The van der Waals surface area contributed by atoms with E-state index in [1.807, 2.05) is 48.5 Å². The molecule has 0 fully saturated rings. The van der Waals surface area contributed by atoms with Crippen LogP contribution in [-0.2, 0) is 25.8 Å². The molecule has 0 saturated heterocycles. The van der Waals surface area contributed by atoms with E-state index in [2.05, 4.69) is 11.8 Å². The van der Waals surface area contributed by atoms with Crippen LogP contribution < -0.4 is 5.48 Å². The van der Waals surface area contributed by atoms with Gasteiger partial charge in [0.05, 0.1) is 6.61 Å². The van der Waals surface area contributed by atoms with Gasteiger partial charge in [0.25, 0.3) is 5.91 Å². The zero-order valence-corrected chi connectivity index (χ0v) is 18.6. The molecule has 0 heterocycles. The lowest BCUT2D eigenvalue weighted by atomic mass is 9.97. The molecule has 2 atom stereocenters. The molecule has 166 valence electrons. The third kappa shape index (κ3) is 6.15. The highest BCUT2D eigenvalue weighted by Gasteiger charge is 2.43. The standard InChI is InChI=1S/C23H27NO6S/c1-23(22(26)24-27,31(3,28)29)15-14-18-6-11-20(12-7-18)19-9-4-17(5-10-19)8-13-21(16-25)30-2/h4-7,9-12,21,25,27H,14-16H2,1-3H3,(H,24,26). The van der Waals surface area contributed by atoms with Gasteiger partial charge in [-0.25, -0.2) is 13.9 Å². The second-order valence-corrected chi connectivity index (χ2v) is 9.84. The normalized spacial score (nSPS) is 14.1. The van der Waals surface area contributed by atoms with Crippen LogP contribution in [0.5, 0.6) is 0 Å². The number of nitrogens with one attached hydrogen (secondary N) is 1. The maximum Gasteiger partial charge on any atom is 0.264 e. The zero-order valence-electron chi connectivity index (χ0n) is 17.8. The number of aliphatic hydroxyl groups excluding tert-OH is 1. The third-order valence-electron chi connectivity index (χ3n) is 5.29. The van der Waals surface area contributed by atoms with Crippen LogP contribution in [0.2, 0.25) is 0 Å². The van der Waals surface area contributed by atoms with Gasteiger partial charge in [0, 0.05) is 18.9 Å². The monoisotopic (exact) mass is 445 g/mol. The fourth-order valence-corrected chi connectivity index (χ4v) is 3.78. The van der Waals surface area contributed by atoms with E-state index in [9.17, 15) is 13.2 Å². The molecule has 2 aromatic carbocycles. The minimum Gasteiger partial charge on any atom is -0.393 e. The number of hydrogen-bond acceptors (Lipinski definition) is 6. The fraction of sp³-hybridized carbons (Fsp3) is 0.348. The highest BCUT2D eigenvalue weighted by atomic mass is 32.2. The molecule has 2 aromatic rings. The summed E-state index contributed by atoms with van der Waals surface area (Å²) in [6.07, 6.45) is 0.872. The van der Waals surface area contributed by atoms with Gasteiger partial charge in [-0.1, -0.05) is 48.2 Å². The first-order valence-electron chi connectivity index (χ1n) is 9.63. The number of carbonyl (C=O) groups is 1. The molecule has 1 amide bonds. The second kappa shape index (κ2) is 10.6. The molecular weight excluding hydrogens is 418 g/mol. The first kappa shape index (κ1) is 24.6. The summed E-state index contributed by atoms with van der Waals surface area (Å²) in [6.45, 7) is 1.14. The van der Waals surface area contributed by atoms with E-state index < -0.39 is 26.6 Å². The minimum atomic E-state index is -3.72. The van der Waals surface area contributed by atoms with Gasteiger partial charge in [-0.3, -0.25) is 10.0 Å². The molecule has 2 unspecified atom stereocenters. The average molecular weight is 446 g/mol. The van der Waals surface area contributed by atoms with Crippen molar-refractivity contribution in [3.63, 3.8) is 0 Å². The lowest BCUT2D eigenvalue weighted by Crippen LogP contribution is -2.49. The van der Waals surface area contributed by atoms with E-state index in [0.29, 0.717) is 6.42 Å². The number of sulfone groups is 1. The van der Waals surface area contributed by atoms with Crippen LogP contribution in [0.15, 0.2) is 48.5 Å². The van der Waals surface area contributed by atoms with Crippen LogP contribution in [0.3, 0.4) is 0 Å². The van der Waals surface area contributed by atoms with E-state index in [4.69, 9.17) is 15.1 Å². The van der Waals surface area contributed by atoms with Crippen molar-refractivity contribution < 1.29 is 28.3 Å². The molecule has 0 aliphatic heterocycles. The van der Waals surface area contributed by atoms with Gasteiger partial charge >= 0.3 is 0 Å². The maximum atomic E-state index is 12.1. The number of benzene rings is 2. The molecule has 0 aromatic heterocycles. The summed E-state index contributed by atoms with van der Waals surface area (Å²) < 4.78 is 27.4. The van der Waals surface area contributed by atoms with Crippen molar-refractivity contribution in [3.05, 3.63) is 59.7 Å². The Morgan fingerprint density at radius 3 is 2.13 bits per heavy atom. The van der Waals surface area contributed by atoms with Crippen molar-refractivity contribution in [3.8, 4) is 23.0 Å². The van der Waals surface area contributed by atoms with Gasteiger partial charge in [0.2, 0.25) is 0 Å². The Hall–Kier alpha value is -2.70. The number of ether oxygens (including phenoxy) is 1. The number of hydrogen-bond donors (Lipinski definition) is 3. The van der Waals surface area contributed by atoms with E-state index in [1.54, 1.807) is 0 Å². The van der Waals surface area contributed by atoms with Crippen LogP contribution in [0.25, 0.3) is 11.1 Å². The molecule has 0 bridgehead atoms. The molecule has 31 heavy (non-hydrogen) atoms. The largest absolute Gasteiger partial charge is 0.393 e. The highest BCUT2D eigenvalue weighted by molar-refractivity contribution is 7.92. The zero-order chi connectivity index (χ0) is 23.1. The van der Waals surface area contributed by atoms with Gasteiger partial charge < -0.3 is 9.84 Å². The Bertz CT molecular complexity index is 1050. The molecule has 0 aliphatic carbocycles. The minimum absolute atomic E-state index is 0.0429. The van der Waals surface area contributed by atoms with Crippen molar-refractivity contribution in [1.82, 2.24) is 5.48 Å². The molecule has 7 nitrogen and oxygen atoms in total. The number of rotatable bonds is 8. The maximum absolute atomic E-state index is 12.1. The summed E-state index contributed by atoms with van der Waals surface area (Å²) in [5.41, 5.74) is 5.11. The third-order valence-corrected chi connectivity index (χ3v) is 7.32. The first-order chi connectivity index (χ1) is 14.6. The lowest BCUT2D eigenvalue weighted by molar-refractivity contribution is -0.131. The van der Waals surface area contributed by atoms with Crippen LogP contribution in [-0.4, -0.2) is 55.5 Å². The molecule has 2 rings (SSSR count). The van der Waals surface area contributed by atoms with Crippen LogP contribution in [0, 0.1) is 11.8 Å². The predicted molar refractivity (Wildman–Crippen MR) is 118 cm³/mol. The molecule has 8 heteroatoms. The summed E-state index contributed by atoms with van der Waals surface area (Å²) in [5.74, 6) is 4.86. The number of amides is 1. The topological polar surface area (TPSA) is 113 Å². The molecule has 0 aliphatic rings. The number of aryl methyl sites for hydroxylation is 1. The van der Waals surface area contributed by atoms with E-state index in [0.717, 1.165) is 28.5 Å². The Labute approximate surface area is 182 Å². The van der Waals surface area contributed by atoms with Crippen molar-refractivity contribution in [2.24, 2.45) is 0 Å². The number of aliphatic hydroxyl groups is 1. The van der Waals surface area contributed by atoms with Crippen LogP contribution >= 0.6 is 0 Å². The number of methoxy groups -OCH3 is 1. The second-order valence-electron chi connectivity index (χ2n) is 7.39. The van der Waals surface area contributed by atoms with Gasteiger partial charge in [-0.2, -0.15) is 0 Å². The summed E-state index contributed by atoms with van der Waals surface area (Å²) in [7, 11) is -2.23. The van der Waals surface area contributed by atoms with Crippen molar-refractivity contribution in [2.45, 2.75) is 30.6 Å². The van der Waals surface area contributed by atoms with Gasteiger partial charge in [-0.15, -0.1) is 0 Å². The highest BCUT2D eigenvalue weighted by Crippen LogP contribution is 2.25. The van der Waals surface area contributed by atoms with Gasteiger partial charge in [-0.05, 0) is 48.6 Å². The average Bonchev–Trinajstić information content (AvgIpc) is 2.77. The molecule has 3 N–H and O–H groups in total. The van der Waals surface area contributed by atoms with Crippen molar-refractivity contribution >= 4 is 15.7 Å². The van der Waals surface area contributed by atoms with Gasteiger partial charge in [0.1, 0.15) is 10.9 Å². The molecule has 0 radical (unpaired) electrons. The summed E-state index contributed by atoms with van der Waals surface area (Å²) >= 11 is 0. The SMILES string of the molecule is COC(C#Cc1ccc(-c2ccc(CCC(C)(C(=O)NO)S(C)(=O)=O)cc2)cc1)CO. The van der Waals surface area contributed by atoms with Crippen LogP contribution in [0.4, 0.5) is 0 Å². The Kier molecular flexibility index (Phi) is 8.36. The fourth-order valence-electron chi connectivity index (χ4n) is 2.92. The van der Waals surface area contributed by atoms with E-state index >= 15 is 0 Å². The predicted octanol–water partition coefficient (Wildman–Crippen LogP) is 1.95. The molecule has 0 saturated carbocycles. The number of carbonyl (C=O) groups excluding carboxylic acids is 1. The summed E-state index contributed by atoms with van der Waals surface area (Å²) in [5, 5.41) is 18.0. The van der Waals surface area contributed by atoms with E-state index in [1.165, 1.54) is 19.5 Å². The summed E-state index contributed by atoms with van der Waals surface area (Å²) in [4.78, 5) is 11.9. The summed E-state index contributed by atoms with van der Waals surface area (Å²) in [6, 6.07) is 15.2. The Balaban J connectivity index is 2.11. The first-order valence-corrected chi connectivity index (χ1v) is 11.5. The Morgan fingerprint density at radius 2 is 1.68 bits per heavy atom. The van der Waals surface area contributed by atoms with Crippen molar-refractivity contribution in [1.29, 1.82) is 0 Å². The molecule has 0 spiro atoms. The number of hydroxylamine groups is 1. The van der Waals surface area contributed by atoms with Crippen LogP contribution in [0.1, 0.15) is 24.5 Å².